The summed E-state index contributed by atoms with van der Waals surface area (Å²) in [4.78, 5) is 22.8. The molecule has 0 fully saturated rings. The maximum Gasteiger partial charge on any atom is 0.372 e. The van der Waals surface area contributed by atoms with Gasteiger partial charge >= 0.3 is 11.6 Å². The molecule has 0 bridgehead atoms. The van der Waals surface area contributed by atoms with E-state index in [1.165, 1.54) is 0 Å². The van der Waals surface area contributed by atoms with Gasteiger partial charge in [-0.25, -0.2) is 9.59 Å². The fourth-order valence-corrected chi connectivity index (χ4v) is 2.72. The summed E-state index contributed by atoms with van der Waals surface area (Å²) in [5, 5.41) is 0.490. The minimum atomic E-state index is -0.969. The van der Waals surface area contributed by atoms with Crippen molar-refractivity contribution in [3.63, 3.8) is 0 Å². The maximum absolute atomic E-state index is 13.9. The van der Waals surface area contributed by atoms with Gasteiger partial charge in [0.05, 0.1) is 18.6 Å². The fourth-order valence-electron chi connectivity index (χ4n) is 2.72. The van der Waals surface area contributed by atoms with Crippen molar-refractivity contribution in [2.24, 2.45) is 0 Å². The summed E-state index contributed by atoms with van der Waals surface area (Å²) in [6.07, 6.45) is 3.41. The van der Waals surface area contributed by atoms with Crippen molar-refractivity contribution in [1.82, 2.24) is 0 Å². The first kappa shape index (κ1) is 20.7. The van der Waals surface area contributed by atoms with Gasteiger partial charge in [-0.15, -0.1) is 0 Å². The monoisotopic (exact) mass is 376 g/mol. The molecular formula is C21H25FO5. The molecule has 0 saturated heterocycles. The highest BCUT2D eigenvalue weighted by Gasteiger charge is 2.15. The van der Waals surface area contributed by atoms with Crippen molar-refractivity contribution in [3.05, 3.63) is 51.6 Å². The average molecular weight is 376 g/mol. The topological polar surface area (TPSA) is 65.7 Å². The van der Waals surface area contributed by atoms with E-state index in [1.807, 2.05) is 13.0 Å². The van der Waals surface area contributed by atoms with E-state index >= 15 is 0 Å². The maximum atomic E-state index is 13.9. The molecule has 0 N–H and O–H groups in total. The SMILES string of the molecule is C=C(C)C(=O)OCCCCCCOc1cc(C)cc2oc(=O)c(F)c(C)c12. The molecule has 0 unspecified atom stereocenters. The van der Waals surface area contributed by atoms with E-state index in [0.29, 0.717) is 35.5 Å². The molecule has 1 aromatic heterocycles. The number of carbonyl (C=O) groups excluding carboxylic acids is 1. The highest BCUT2D eigenvalue weighted by atomic mass is 19.1. The Morgan fingerprint density at radius 1 is 1.15 bits per heavy atom. The minimum absolute atomic E-state index is 0.232. The summed E-state index contributed by atoms with van der Waals surface area (Å²) < 4.78 is 29.8. The second kappa shape index (κ2) is 9.35. The number of hydrogen-bond donors (Lipinski definition) is 0. The Kier molecular flexibility index (Phi) is 7.16. The summed E-state index contributed by atoms with van der Waals surface area (Å²) in [5.74, 6) is -0.736. The Morgan fingerprint density at radius 2 is 1.81 bits per heavy atom. The zero-order valence-corrected chi connectivity index (χ0v) is 16.0. The highest BCUT2D eigenvalue weighted by Crippen LogP contribution is 2.30. The molecule has 0 aliphatic carbocycles. The Bertz CT molecular complexity index is 898. The molecule has 146 valence electrons. The molecule has 0 radical (unpaired) electrons. The predicted molar refractivity (Wildman–Crippen MR) is 102 cm³/mol. The average Bonchev–Trinajstić information content (AvgIpc) is 2.61. The van der Waals surface area contributed by atoms with Gasteiger partial charge in [0.25, 0.3) is 0 Å². The Morgan fingerprint density at radius 3 is 2.48 bits per heavy atom. The molecule has 0 amide bonds. The lowest BCUT2D eigenvalue weighted by Crippen LogP contribution is -2.08. The van der Waals surface area contributed by atoms with E-state index in [2.05, 4.69) is 6.58 Å². The number of halogens is 1. The van der Waals surface area contributed by atoms with Crippen LogP contribution < -0.4 is 10.4 Å². The summed E-state index contributed by atoms with van der Waals surface area (Å²) in [7, 11) is 0. The lowest BCUT2D eigenvalue weighted by atomic mass is 10.1. The van der Waals surface area contributed by atoms with E-state index < -0.39 is 11.4 Å². The summed E-state index contributed by atoms with van der Waals surface area (Å²) in [6.45, 7) is 9.39. The van der Waals surface area contributed by atoms with E-state index in [1.54, 1.807) is 19.9 Å². The first-order valence-electron chi connectivity index (χ1n) is 9.00. The van der Waals surface area contributed by atoms with Crippen molar-refractivity contribution in [3.8, 4) is 5.75 Å². The molecule has 1 heterocycles. The van der Waals surface area contributed by atoms with Crippen molar-refractivity contribution in [1.29, 1.82) is 0 Å². The Balaban J connectivity index is 1.87. The third-order valence-electron chi connectivity index (χ3n) is 4.17. The van der Waals surface area contributed by atoms with Gasteiger partial charge in [-0.2, -0.15) is 4.39 Å². The smallest absolute Gasteiger partial charge is 0.372 e. The van der Waals surface area contributed by atoms with Crippen LogP contribution in [0.5, 0.6) is 5.75 Å². The molecule has 0 atom stereocenters. The number of hydrogen-bond acceptors (Lipinski definition) is 5. The number of aryl methyl sites for hydroxylation is 2. The van der Waals surface area contributed by atoms with Crippen molar-refractivity contribution >= 4 is 16.9 Å². The van der Waals surface area contributed by atoms with E-state index in [9.17, 15) is 14.0 Å². The largest absolute Gasteiger partial charge is 0.493 e. The summed E-state index contributed by atoms with van der Waals surface area (Å²) >= 11 is 0. The predicted octanol–water partition coefficient (Wildman–Crippen LogP) is 4.61. The number of carbonyl (C=O) groups is 1. The third kappa shape index (κ3) is 5.42. The van der Waals surface area contributed by atoms with E-state index in [-0.39, 0.29) is 11.5 Å². The molecule has 0 spiro atoms. The number of ether oxygens (including phenoxy) is 2. The molecule has 27 heavy (non-hydrogen) atoms. The van der Waals surface area contributed by atoms with Gasteiger partial charge in [0, 0.05) is 11.1 Å². The fraction of sp³-hybridized carbons (Fsp3) is 0.429. The molecule has 0 saturated carbocycles. The number of unbranched alkanes of at least 4 members (excludes halogenated alkanes) is 3. The van der Waals surface area contributed by atoms with Crippen LogP contribution in [0.1, 0.15) is 43.7 Å². The van der Waals surface area contributed by atoms with E-state index in [0.717, 1.165) is 31.2 Å². The van der Waals surface area contributed by atoms with Crippen LogP contribution in [0.15, 0.2) is 33.5 Å². The molecule has 2 aromatic rings. The van der Waals surface area contributed by atoms with Gasteiger partial charge < -0.3 is 13.9 Å². The minimum Gasteiger partial charge on any atom is -0.493 e. The van der Waals surface area contributed by atoms with Crippen molar-refractivity contribution in [2.45, 2.75) is 46.5 Å². The molecular weight excluding hydrogens is 351 g/mol. The van der Waals surface area contributed by atoms with Crippen LogP contribution in [0, 0.1) is 19.7 Å². The summed E-state index contributed by atoms with van der Waals surface area (Å²) in [5.41, 5.74) is 0.857. The number of fused-ring (bicyclic) bond motifs is 1. The van der Waals surface area contributed by atoms with E-state index in [4.69, 9.17) is 13.9 Å². The van der Waals surface area contributed by atoms with Crippen molar-refractivity contribution < 1.29 is 23.1 Å². The number of benzene rings is 1. The van der Waals surface area contributed by atoms with Gasteiger partial charge in [-0.05, 0) is 64.2 Å². The van der Waals surface area contributed by atoms with Gasteiger partial charge in [0.15, 0.2) is 0 Å². The van der Waals surface area contributed by atoms with Gasteiger partial charge in [0.2, 0.25) is 5.82 Å². The first-order valence-corrected chi connectivity index (χ1v) is 9.00. The number of rotatable bonds is 9. The lowest BCUT2D eigenvalue weighted by Gasteiger charge is -2.12. The number of esters is 1. The zero-order valence-electron chi connectivity index (χ0n) is 16.0. The van der Waals surface area contributed by atoms with Gasteiger partial charge in [-0.1, -0.05) is 6.58 Å². The quantitative estimate of drug-likeness (QED) is 0.277. The Hall–Kier alpha value is -2.63. The highest BCUT2D eigenvalue weighted by molar-refractivity contribution is 5.87. The third-order valence-corrected chi connectivity index (χ3v) is 4.17. The van der Waals surface area contributed by atoms with Gasteiger partial charge in [-0.3, -0.25) is 0 Å². The lowest BCUT2D eigenvalue weighted by molar-refractivity contribution is -0.139. The first-order chi connectivity index (χ1) is 12.8. The Labute approximate surface area is 157 Å². The van der Waals surface area contributed by atoms with Crippen LogP contribution in [0.2, 0.25) is 0 Å². The molecule has 5 nitrogen and oxygen atoms in total. The van der Waals surface area contributed by atoms with Crippen LogP contribution >= 0.6 is 0 Å². The van der Waals surface area contributed by atoms with Crippen LogP contribution in [-0.4, -0.2) is 19.2 Å². The van der Waals surface area contributed by atoms with Crippen molar-refractivity contribution in [2.75, 3.05) is 13.2 Å². The molecule has 2 rings (SSSR count). The van der Waals surface area contributed by atoms with Crippen LogP contribution in [-0.2, 0) is 9.53 Å². The summed E-state index contributed by atoms with van der Waals surface area (Å²) in [6, 6.07) is 3.51. The normalized spacial score (nSPS) is 10.8. The second-order valence-corrected chi connectivity index (χ2v) is 6.64. The standard InChI is InChI=1S/C21H25FO5/c1-13(2)20(23)26-10-8-6-5-7-9-25-16-11-14(3)12-17-18(16)15(4)19(22)21(24)27-17/h11-12H,1,5-10H2,2-4H3. The molecule has 0 aliphatic rings. The molecule has 1 aromatic carbocycles. The van der Waals surface area contributed by atoms with Crippen LogP contribution in [0.3, 0.4) is 0 Å². The van der Waals surface area contributed by atoms with Gasteiger partial charge in [0.1, 0.15) is 11.3 Å². The second-order valence-electron chi connectivity index (χ2n) is 6.64. The zero-order chi connectivity index (χ0) is 20.0. The molecule has 6 heteroatoms. The molecule has 0 aliphatic heterocycles. The van der Waals surface area contributed by atoms with Crippen LogP contribution in [0.4, 0.5) is 4.39 Å². The van der Waals surface area contributed by atoms with Crippen LogP contribution in [0.25, 0.3) is 11.0 Å².